The minimum Gasteiger partial charge on any atom is -0.508 e. The normalized spacial score (nSPS) is 27.9. The number of benzene rings is 1. The Bertz CT molecular complexity index is 369. The summed E-state index contributed by atoms with van der Waals surface area (Å²) in [6, 6.07) is 7.79. The molecule has 0 amide bonds. The van der Waals surface area contributed by atoms with Crippen LogP contribution in [0.3, 0.4) is 0 Å². The molecule has 1 aromatic carbocycles. The zero-order valence-electron chi connectivity index (χ0n) is 8.87. The molecule has 15 heavy (non-hydrogen) atoms. The van der Waals surface area contributed by atoms with E-state index in [9.17, 15) is 5.11 Å². The van der Waals surface area contributed by atoms with Crippen LogP contribution in [0.1, 0.15) is 30.7 Å². The van der Waals surface area contributed by atoms with Crippen LogP contribution in [-0.4, -0.2) is 18.2 Å². The fourth-order valence-electron chi connectivity index (χ4n) is 3.04. The van der Waals surface area contributed by atoms with Gasteiger partial charge in [-0.3, -0.25) is 0 Å². The van der Waals surface area contributed by atoms with Crippen molar-refractivity contribution < 1.29 is 5.11 Å². The third-order valence-electron chi connectivity index (χ3n) is 4.06. The lowest BCUT2D eigenvalue weighted by molar-refractivity contribution is 0.342. The van der Waals surface area contributed by atoms with Crippen LogP contribution >= 0.6 is 0 Å². The molecule has 1 spiro atoms. The van der Waals surface area contributed by atoms with E-state index in [1.165, 1.54) is 24.8 Å². The predicted molar refractivity (Wildman–Crippen MR) is 60.0 cm³/mol. The lowest BCUT2D eigenvalue weighted by atomic mass is 9.89. The van der Waals surface area contributed by atoms with E-state index in [1.807, 2.05) is 12.1 Å². The number of hydrogen-bond donors (Lipinski definition) is 2. The maximum absolute atomic E-state index is 9.46. The molecular formula is C13H17NO. The molecule has 80 valence electrons. The van der Waals surface area contributed by atoms with Gasteiger partial charge in [0.05, 0.1) is 0 Å². The molecule has 0 aromatic heterocycles. The largest absolute Gasteiger partial charge is 0.508 e. The van der Waals surface area contributed by atoms with E-state index >= 15 is 0 Å². The highest BCUT2D eigenvalue weighted by atomic mass is 16.3. The molecule has 1 atom stereocenters. The second kappa shape index (κ2) is 3.24. The molecule has 1 heterocycles. The molecule has 2 aliphatic rings. The first-order valence-electron chi connectivity index (χ1n) is 5.80. The van der Waals surface area contributed by atoms with Gasteiger partial charge in [-0.2, -0.15) is 0 Å². The zero-order valence-corrected chi connectivity index (χ0v) is 8.87. The summed E-state index contributed by atoms with van der Waals surface area (Å²) in [5.74, 6) is 1.11. The van der Waals surface area contributed by atoms with E-state index in [4.69, 9.17) is 0 Å². The summed E-state index contributed by atoms with van der Waals surface area (Å²) in [5.41, 5.74) is 1.90. The third-order valence-corrected chi connectivity index (χ3v) is 4.06. The Balaban J connectivity index is 1.80. The number of piperidine rings is 1. The summed E-state index contributed by atoms with van der Waals surface area (Å²) < 4.78 is 0. The van der Waals surface area contributed by atoms with E-state index in [0.717, 1.165) is 13.1 Å². The molecule has 3 rings (SSSR count). The van der Waals surface area contributed by atoms with Crippen molar-refractivity contribution >= 4 is 0 Å². The topological polar surface area (TPSA) is 32.3 Å². The summed E-state index contributed by atoms with van der Waals surface area (Å²) in [5, 5.41) is 12.9. The van der Waals surface area contributed by atoms with Crippen LogP contribution in [0.2, 0.25) is 0 Å². The standard InChI is InChI=1S/C13H17NO/c15-11-3-1-2-10(8-11)12-9-13(12)4-6-14-7-5-13/h1-3,8,12,14-15H,4-7,9H2. The summed E-state index contributed by atoms with van der Waals surface area (Å²) in [4.78, 5) is 0. The van der Waals surface area contributed by atoms with E-state index in [0.29, 0.717) is 17.1 Å². The highest BCUT2D eigenvalue weighted by molar-refractivity contribution is 5.35. The number of hydrogen-bond acceptors (Lipinski definition) is 2. The van der Waals surface area contributed by atoms with Crippen molar-refractivity contribution in [3.8, 4) is 5.75 Å². The van der Waals surface area contributed by atoms with Crippen molar-refractivity contribution in [2.45, 2.75) is 25.2 Å². The fourth-order valence-corrected chi connectivity index (χ4v) is 3.04. The Kier molecular flexibility index (Phi) is 1.99. The molecule has 2 N–H and O–H groups in total. The highest BCUT2D eigenvalue weighted by Crippen LogP contribution is 2.64. The first kappa shape index (κ1) is 9.22. The van der Waals surface area contributed by atoms with Gasteiger partial charge in [0.1, 0.15) is 5.75 Å². The minimum atomic E-state index is 0.406. The highest BCUT2D eigenvalue weighted by Gasteiger charge is 2.54. The zero-order chi connectivity index (χ0) is 10.3. The Morgan fingerprint density at radius 2 is 2.07 bits per heavy atom. The Morgan fingerprint density at radius 3 is 2.80 bits per heavy atom. The van der Waals surface area contributed by atoms with Crippen molar-refractivity contribution in [1.82, 2.24) is 5.32 Å². The summed E-state index contributed by atoms with van der Waals surface area (Å²) in [6.45, 7) is 2.32. The van der Waals surface area contributed by atoms with Gasteiger partial charge in [-0.1, -0.05) is 12.1 Å². The second-order valence-corrected chi connectivity index (χ2v) is 4.96. The van der Waals surface area contributed by atoms with Crippen LogP contribution in [0.5, 0.6) is 5.75 Å². The molecule has 1 unspecified atom stereocenters. The minimum absolute atomic E-state index is 0.406. The molecule has 0 radical (unpaired) electrons. The maximum Gasteiger partial charge on any atom is 0.115 e. The molecule has 2 fully saturated rings. The van der Waals surface area contributed by atoms with Gasteiger partial charge in [-0.05, 0) is 61.4 Å². The van der Waals surface area contributed by atoms with Crippen molar-refractivity contribution in [3.63, 3.8) is 0 Å². The fraction of sp³-hybridized carbons (Fsp3) is 0.538. The number of rotatable bonds is 1. The van der Waals surface area contributed by atoms with Crippen LogP contribution < -0.4 is 5.32 Å². The van der Waals surface area contributed by atoms with Crippen LogP contribution in [-0.2, 0) is 0 Å². The number of phenolic OH excluding ortho intramolecular Hbond substituents is 1. The van der Waals surface area contributed by atoms with Gasteiger partial charge < -0.3 is 10.4 Å². The van der Waals surface area contributed by atoms with Gasteiger partial charge >= 0.3 is 0 Å². The molecule has 1 aliphatic heterocycles. The van der Waals surface area contributed by atoms with Gasteiger partial charge in [-0.15, -0.1) is 0 Å². The van der Waals surface area contributed by atoms with Crippen molar-refractivity contribution in [2.75, 3.05) is 13.1 Å². The van der Waals surface area contributed by atoms with Crippen molar-refractivity contribution in [1.29, 1.82) is 0 Å². The van der Waals surface area contributed by atoms with E-state index in [2.05, 4.69) is 11.4 Å². The average molecular weight is 203 g/mol. The van der Waals surface area contributed by atoms with Gasteiger partial charge in [0.2, 0.25) is 0 Å². The SMILES string of the molecule is Oc1cccc(C2CC23CCNCC3)c1. The number of aromatic hydroxyl groups is 1. The molecule has 2 heteroatoms. The van der Waals surface area contributed by atoms with Crippen molar-refractivity contribution in [3.05, 3.63) is 29.8 Å². The van der Waals surface area contributed by atoms with Crippen molar-refractivity contribution in [2.24, 2.45) is 5.41 Å². The maximum atomic E-state index is 9.46. The van der Waals surface area contributed by atoms with Crippen LogP contribution in [0.15, 0.2) is 24.3 Å². The quantitative estimate of drug-likeness (QED) is 0.733. The molecule has 1 aliphatic carbocycles. The monoisotopic (exact) mass is 203 g/mol. The number of nitrogens with one attached hydrogen (secondary N) is 1. The smallest absolute Gasteiger partial charge is 0.115 e. The van der Waals surface area contributed by atoms with Gasteiger partial charge in [0.15, 0.2) is 0 Å². The third kappa shape index (κ3) is 1.53. The Labute approximate surface area is 90.3 Å². The number of phenols is 1. The Hall–Kier alpha value is -1.02. The summed E-state index contributed by atoms with van der Waals surface area (Å²) in [7, 11) is 0. The first-order valence-corrected chi connectivity index (χ1v) is 5.80. The molecule has 1 saturated heterocycles. The van der Waals surface area contributed by atoms with Gasteiger partial charge in [-0.25, -0.2) is 0 Å². The van der Waals surface area contributed by atoms with Crippen LogP contribution in [0.4, 0.5) is 0 Å². The molecule has 1 aromatic rings. The molecule has 2 nitrogen and oxygen atoms in total. The van der Waals surface area contributed by atoms with E-state index in [-0.39, 0.29) is 0 Å². The van der Waals surface area contributed by atoms with Gasteiger partial charge in [0.25, 0.3) is 0 Å². The molecule has 0 bridgehead atoms. The van der Waals surface area contributed by atoms with Crippen LogP contribution in [0, 0.1) is 5.41 Å². The second-order valence-electron chi connectivity index (χ2n) is 4.96. The molecule has 1 saturated carbocycles. The lowest BCUT2D eigenvalue weighted by Crippen LogP contribution is -2.29. The first-order chi connectivity index (χ1) is 7.30. The van der Waals surface area contributed by atoms with Gasteiger partial charge in [0, 0.05) is 0 Å². The summed E-state index contributed by atoms with van der Waals surface area (Å²) >= 11 is 0. The average Bonchev–Trinajstić information content (AvgIpc) is 2.93. The van der Waals surface area contributed by atoms with E-state index in [1.54, 1.807) is 6.07 Å². The predicted octanol–water partition coefficient (Wildman–Crippen LogP) is 2.25. The summed E-state index contributed by atoms with van der Waals surface area (Å²) in [6.07, 6.45) is 3.92. The Morgan fingerprint density at radius 1 is 1.27 bits per heavy atom. The molecular weight excluding hydrogens is 186 g/mol. The van der Waals surface area contributed by atoms with E-state index < -0.39 is 0 Å². The van der Waals surface area contributed by atoms with Crippen LogP contribution in [0.25, 0.3) is 0 Å². The lowest BCUT2D eigenvalue weighted by Gasteiger charge is -2.23.